The Morgan fingerprint density at radius 1 is 1.28 bits per heavy atom. The van der Waals surface area contributed by atoms with Crippen LogP contribution < -0.4 is 15.4 Å². The van der Waals surface area contributed by atoms with E-state index in [4.69, 9.17) is 9.26 Å². The number of benzene rings is 2. The number of nitrogens with one attached hydrogen (secondary N) is 2. The van der Waals surface area contributed by atoms with Gasteiger partial charge in [-0.05, 0) is 37.3 Å². The Kier molecular flexibility index (Phi) is 3.61. The normalized spacial score (nSPS) is 16.0. The summed E-state index contributed by atoms with van der Waals surface area (Å²) >= 11 is 0. The van der Waals surface area contributed by atoms with Crippen LogP contribution in [-0.4, -0.2) is 23.1 Å². The van der Waals surface area contributed by atoms with Crippen LogP contribution in [0.1, 0.15) is 12.6 Å². The predicted octanol–water partition coefficient (Wildman–Crippen LogP) is 2.73. The van der Waals surface area contributed by atoms with Gasteiger partial charge in [0.05, 0.1) is 12.1 Å². The van der Waals surface area contributed by atoms with Crippen molar-refractivity contribution in [1.29, 1.82) is 0 Å². The average molecular weight is 337 g/mol. The van der Waals surface area contributed by atoms with E-state index in [-0.39, 0.29) is 18.2 Å². The van der Waals surface area contributed by atoms with Crippen molar-refractivity contribution in [3.05, 3.63) is 48.2 Å². The highest BCUT2D eigenvalue weighted by Crippen LogP contribution is 2.32. The Morgan fingerprint density at radius 3 is 3.00 bits per heavy atom. The fourth-order valence-corrected chi connectivity index (χ4v) is 2.71. The van der Waals surface area contributed by atoms with Crippen LogP contribution in [-0.2, 0) is 16.0 Å². The molecule has 7 nitrogen and oxygen atoms in total. The predicted molar refractivity (Wildman–Crippen MR) is 91.5 cm³/mol. The van der Waals surface area contributed by atoms with Crippen LogP contribution in [0.15, 0.2) is 47.0 Å². The van der Waals surface area contributed by atoms with Crippen molar-refractivity contribution in [2.45, 2.75) is 19.4 Å². The molecule has 3 aromatic rings. The van der Waals surface area contributed by atoms with Crippen LogP contribution in [0.5, 0.6) is 5.75 Å². The van der Waals surface area contributed by atoms with Gasteiger partial charge < -0.3 is 19.9 Å². The van der Waals surface area contributed by atoms with E-state index >= 15 is 0 Å². The van der Waals surface area contributed by atoms with Crippen molar-refractivity contribution in [3.8, 4) is 5.75 Å². The zero-order valence-electron chi connectivity index (χ0n) is 13.4. The topological polar surface area (TPSA) is 93.5 Å². The van der Waals surface area contributed by atoms with Crippen molar-refractivity contribution in [2.75, 3.05) is 10.6 Å². The number of nitrogens with zero attached hydrogens (tertiary/aromatic N) is 1. The quantitative estimate of drug-likeness (QED) is 0.766. The third-order valence-electron chi connectivity index (χ3n) is 3.97. The lowest BCUT2D eigenvalue weighted by molar-refractivity contribution is -0.122. The molecule has 0 saturated heterocycles. The average Bonchev–Trinajstić information content (AvgIpc) is 2.99. The Hall–Kier alpha value is -3.35. The van der Waals surface area contributed by atoms with Gasteiger partial charge in [0.2, 0.25) is 5.91 Å². The summed E-state index contributed by atoms with van der Waals surface area (Å²) < 4.78 is 10.7. The molecule has 7 heteroatoms. The van der Waals surface area contributed by atoms with Crippen molar-refractivity contribution >= 4 is 34.2 Å². The molecule has 0 radical (unpaired) electrons. The monoisotopic (exact) mass is 337 g/mol. The van der Waals surface area contributed by atoms with Gasteiger partial charge in [-0.1, -0.05) is 17.3 Å². The fraction of sp³-hybridized carbons (Fsp3) is 0.167. The smallest absolute Gasteiger partial charge is 0.265 e. The lowest BCUT2D eigenvalue weighted by Crippen LogP contribution is -2.34. The van der Waals surface area contributed by atoms with Crippen LogP contribution in [0.25, 0.3) is 11.0 Å². The van der Waals surface area contributed by atoms with Crippen LogP contribution in [0, 0.1) is 0 Å². The molecule has 0 unspecified atom stereocenters. The number of para-hydroxylation sites is 1. The molecule has 1 aliphatic heterocycles. The third kappa shape index (κ3) is 2.91. The van der Waals surface area contributed by atoms with Crippen LogP contribution in [0.2, 0.25) is 0 Å². The summed E-state index contributed by atoms with van der Waals surface area (Å²) in [6.07, 6.45) is -0.443. The van der Waals surface area contributed by atoms with Gasteiger partial charge in [-0.2, -0.15) is 0 Å². The summed E-state index contributed by atoms with van der Waals surface area (Å²) in [6.45, 7) is 1.68. The van der Waals surface area contributed by atoms with Gasteiger partial charge in [-0.25, -0.2) is 0 Å². The number of aromatic nitrogens is 1. The molecule has 126 valence electrons. The lowest BCUT2D eigenvalue weighted by atomic mass is 10.1. The first-order chi connectivity index (χ1) is 12.1. The molecule has 2 N–H and O–H groups in total. The first-order valence-corrected chi connectivity index (χ1v) is 7.85. The molecule has 0 spiro atoms. The van der Waals surface area contributed by atoms with Gasteiger partial charge >= 0.3 is 0 Å². The fourth-order valence-electron chi connectivity index (χ4n) is 2.71. The van der Waals surface area contributed by atoms with E-state index in [0.717, 1.165) is 5.39 Å². The third-order valence-corrected chi connectivity index (χ3v) is 3.97. The summed E-state index contributed by atoms with van der Waals surface area (Å²) in [7, 11) is 0. The minimum Gasteiger partial charge on any atom is -0.479 e. The Balaban J connectivity index is 1.50. The minimum absolute atomic E-state index is 0.0913. The van der Waals surface area contributed by atoms with E-state index in [2.05, 4.69) is 15.8 Å². The van der Waals surface area contributed by atoms with Crippen molar-refractivity contribution in [1.82, 2.24) is 5.16 Å². The number of hydrogen-bond acceptors (Lipinski definition) is 5. The van der Waals surface area contributed by atoms with Gasteiger partial charge in [0.1, 0.15) is 11.4 Å². The van der Waals surface area contributed by atoms with Crippen molar-refractivity contribution < 1.29 is 18.8 Å². The summed E-state index contributed by atoms with van der Waals surface area (Å²) in [6, 6.07) is 12.5. The van der Waals surface area contributed by atoms with Gasteiger partial charge in [0.25, 0.3) is 5.91 Å². The van der Waals surface area contributed by atoms with E-state index < -0.39 is 6.10 Å². The number of carbonyl (C=O) groups excluding carboxylic acids is 2. The van der Waals surface area contributed by atoms with E-state index in [1.54, 1.807) is 31.2 Å². The molecule has 0 saturated carbocycles. The SMILES string of the molecule is C[C@@H]1Oc2ccc(NC(=O)Cc3noc4ccccc34)cc2NC1=O. The zero-order chi connectivity index (χ0) is 17.4. The van der Waals surface area contributed by atoms with Crippen molar-refractivity contribution in [2.24, 2.45) is 0 Å². The second-order valence-electron chi connectivity index (χ2n) is 5.81. The van der Waals surface area contributed by atoms with Crippen LogP contribution >= 0.6 is 0 Å². The molecule has 2 aromatic carbocycles. The summed E-state index contributed by atoms with van der Waals surface area (Å²) in [5, 5.41) is 10.3. The molecule has 0 bridgehead atoms. The molecule has 0 aliphatic carbocycles. The summed E-state index contributed by atoms with van der Waals surface area (Å²) in [5.41, 5.74) is 2.33. The van der Waals surface area contributed by atoms with Crippen molar-refractivity contribution in [3.63, 3.8) is 0 Å². The van der Waals surface area contributed by atoms with E-state index in [1.807, 2.05) is 18.2 Å². The number of anilines is 2. The Morgan fingerprint density at radius 2 is 2.12 bits per heavy atom. The van der Waals surface area contributed by atoms with Gasteiger partial charge in [-0.3, -0.25) is 9.59 Å². The molecular weight excluding hydrogens is 322 g/mol. The summed E-state index contributed by atoms with van der Waals surface area (Å²) in [4.78, 5) is 24.0. The number of carbonyl (C=O) groups is 2. The molecule has 4 rings (SSSR count). The zero-order valence-corrected chi connectivity index (χ0v) is 13.4. The first kappa shape index (κ1) is 15.2. The highest BCUT2D eigenvalue weighted by atomic mass is 16.5. The van der Waals surface area contributed by atoms with Crippen LogP contribution in [0.3, 0.4) is 0 Å². The molecule has 2 amide bonds. The molecule has 1 aromatic heterocycles. The largest absolute Gasteiger partial charge is 0.479 e. The number of fused-ring (bicyclic) bond motifs is 2. The van der Waals surface area contributed by atoms with E-state index in [1.165, 1.54) is 0 Å². The molecule has 0 fully saturated rings. The van der Waals surface area contributed by atoms with Gasteiger partial charge in [-0.15, -0.1) is 0 Å². The maximum atomic E-state index is 12.3. The second kappa shape index (κ2) is 5.94. The lowest BCUT2D eigenvalue weighted by Gasteiger charge is -2.23. The maximum Gasteiger partial charge on any atom is 0.265 e. The number of ether oxygens (including phenoxy) is 1. The minimum atomic E-state index is -0.534. The highest BCUT2D eigenvalue weighted by Gasteiger charge is 2.23. The first-order valence-electron chi connectivity index (χ1n) is 7.85. The second-order valence-corrected chi connectivity index (χ2v) is 5.81. The molecule has 1 aliphatic rings. The molecule has 25 heavy (non-hydrogen) atoms. The Bertz CT molecular complexity index is 979. The standard InChI is InChI=1S/C18H15N3O4/c1-10-18(23)20-14-8-11(6-7-16(14)24-10)19-17(22)9-13-12-4-2-3-5-15(12)25-21-13/h2-8,10H,9H2,1H3,(H,19,22)(H,20,23)/t10-/m0/s1. The molecule has 2 heterocycles. The molecular formula is C18H15N3O4. The van der Waals surface area contributed by atoms with E-state index in [9.17, 15) is 9.59 Å². The maximum absolute atomic E-state index is 12.3. The highest BCUT2D eigenvalue weighted by molar-refractivity contribution is 5.99. The number of hydrogen-bond donors (Lipinski definition) is 2. The Labute approximate surface area is 142 Å². The molecule has 1 atom stereocenters. The van der Waals surface area contributed by atoms with Gasteiger partial charge in [0, 0.05) is 11.1 Å². The number of amides is 2. The number of rotatable bonds is 3. The summed E-state index contributed by atoms with van der Waals surface area (Å²) in [5.74, 6) is 0.132. The van der Waals surface area contributed by atoms with E-state index in [0.29, 0.717) is 28.4 Å². The van der Waals surface area contributed by atoms with Gasteiger partial charge in [0.15, 0.2) is 11.7 Å². The van der Waals surface area contributed by atoms with Crippen LogP contribution in [0.4, 0.5) is 11.4 Å².